The van der Waals surface area contributed by atoms with Crippen molar-refractivity contribution in [3.05, 3.63) is 77.1 Å². The number of aromatic nitrogens is 3. The number of rotatable bonds is 5. The Morgan fingerprint density at radius 1 is 1.14 bits per heavy atom. The molecule has 2 aromatic carbocycles. The molecule has 1 aromatic heterocycles. The number of hydrazone groups is 1. The maximum atomic E-state index is 12.5. The molecular weight excluding hydrogens is 382 g/mol. The Bertz CT molecular complexity index is 1030. The Labute approximate surface area is 174 Å². The summed E-state index contributed by atoms with van der Waals surface area (Å²) in [5, 5.41) is 13.3. The molecule has 0 saturated carbocycles. The van der Waals surface area contributed by atoms with Crippen LogP contribution in [0.3, 0.4) is 0 Å². The predicted octanol–water partition coefficient (Wildman–Crippen LogP) is 3.97. The van der Waals surface area contributed by atoms with Gasteiger partial charge in [-0.2, -0.15) is 5.10 Å². The van der Waals surface area contributed by atoms with Crippen LogP contribution in [0.2, 0.25) is 0 Å². The van der Waals surface area contributed by atoms with Crippen molar-refractivity contribution in [1.29, 1.82) is 0 Å². The lowest BCUT2D eigenvalue weighted by Gasteiger charge is -2.08. The molecule has 1 aliphatic rings. The van der Waals surface area contributed by atoms with Gasteiger partial charge in [-0.05, 0) is 48.9 Å². The first-order valence-corrected chi connectivity index (χ1v) is 10.7. The van der Waals surface area contributed by atoms with Crippen LogP contribution in [0.1, 0.15) is 46.3 Å². The monoisotopic (exact) mass is 405 g/mol. The van der Waals surface area contributed by atoms with E-state index in [0.717, 1.165) is 53.4 Å². The summed E-state index contributed by atoms with van der Waals surface area (Å²) in [6.07, 6.45) is 5.87. The summed E-state index contributed by atoms with van der Waals surface area (Å²) >= 11 is 1.61. The van der Waals surface area contributed by atoms with E-state index in [9.17, 15) is 4.79 Å². The van der Waals surface area contributed by atoms with Gasteiger partial charge in [-0.3, -0.25) is 4.79 Å². The largest absolute Gasteiger partial charge is 0.312 e. The lowest BCUT2D eigenvalue weighted by Crippen LogP contribution is -2.20. The van der Waals surface area contributed by atoms with Crippen LogP contribution in [-0.4, -0.2) is 26.4 Å². The molecule has 1 N–H and O–H groups in total. The third-order valence-electron chi connectivity index (χ3n) is 4.98. The third kappa shape index (κ3) is 4.74. The average molecular weight is 406 g/mol. The molecule has 0 atom stereocenters. The van der Waals surface area contributed by atoms with Crippen LogP contribution in [-0.2, 0) is 19.2 Å². The summed E-state index contributed by atoms with van der Waals surface area (Å²) in [7, 11) is 1.92. The highest BCUT2D eigenvalue weighted by Gasteiger charge is 2.14. The lowest BCUT2D eigenvalue weighted by atomic mass is 10.0. The van der Waals surface area contributed by atoms with Crippen molar-refractivity contribution in [1.82, 2.24) is 20.2 Å². The average Bonchev–Trinajstić information content (AvgIpc) is 3.05. The van der Waals surface area contributed by atoms with E-state index in [1.54, 1.807) is 18.1 Å². The van der Waals surface area contributed by atoms with Crippen LogP contribution in [0, 0.1) is 0 Å². The summed E-state index contributed by atoms with van der Waals surface area (Å²) in [5.74, 6) is 0.583. The minimum absolute atomic E-state index is 0.188. The highest BCUT2D eigenvalue weighted by molar-refractivity contribution is 7.98. The molecule has 0 unspecified atom stereocenters. The number of hydrogen-bond acceptors (Lipinski definition) is 5. The summed E-state index contributed by atoms with van der Waals surface area (Å²) < 4.78 is 1.89. The smallest absolute Gasteiger partial charge is 0.271 e. The molecule has 0 aliphatic heterocycles. The number of nitrogens with one attached hydrogen (secondary N) is 1. The van der Waals surface area contributed by atoms with E-state index in [0.29, 0.717) is 5.56 Å². The predicted molar refractivity (Wildman–Crippen MR) is 115 cm³/mol. The first-order valence-electron chi connectivity index (χ1n) is 9.71. The van der Waals surface area contributed by atoms with Crippen molar-refractivity contribution in [2.45, 2.75) is 36.6 Å². The molecule has 1 aliphatic carbocycles. The summed E-state index contributed by atoms with van der Waals surface area (Å²) in [5.41, 5.74) is 7.89. The second-order valence-corrected chi connectivity index (χ2v) is 8.02. The van der Waals surface area contributed by atoms with E-state index in [1.165, 1.54) is 5.56 Å². The van der Waals surface area contributed by atoms with Crippen molar-refractivity contribution in [2.24, 2.45) is 12.1 Å². The quantitative estimate of drug-likeness (QED) is 0.396. The van der Waals surface area contributed by atoms with Crippen molar-refractivity contribution >= 4 is 23.4 Å². The number of carbonyl (C=O) groups is 1. The number of carbonyl (C=O) groups excluding carboxylic acids is 1. The Kier molecular flexibility index (Phi) is 6.05. The zero-order chi connectivity index (χ0) is 20.1. The second-order valence-electron chi connectivity index (χ2n) is 7.07. The van der Waals surface area contributed by atoms with E-state index >= 15 is 0 Å². The first kappa shape index (κ1) is 19.4. The minimum atomic E-state index is -0.188. The van der Waals surface area contributed by atoms with Crippen molar-refractivity contribution < 1.29 is 4.79 Å². The number of fused-ring (bicyclic) bond motifs is 1. The molecule has 148 valence electrons. The van der Waals surface area contributed by atoms with Crippen LogP contribution >= 0.6 is 11.8 Å². The fourth-order valence-corrected chi connectivity index (χ4v) is 4.21. The topological polar surface area (TPSA) is 72.2 Å². The van der Waals surface area contributed by atoms with E-state index in [1.807, 2.05) is 41.9 Å². The molecule has 0 spiro atoms. The zero-order valence-corrected chi connectivity index (χ0v) is 17.2. The Balaban J connectivity index is 1.40. The van der Waals surface area contributed by atoms with Crippen LogP contribution in [0.4, 0.5) is 0 Å². The van der Waals surface area contributed by atoms with Gasteiger partial charge >= 0.3 is 0 Å². The molecule has 0 fully saturated rings. The normalized spacial score (nSPS) is 15.0. The van der Waals surface area contributed by atoms with Gasteiger partial charge in [0.2, 0.25) is 0 Å². The van der Waals surface area contributed by atoms with Gasteiger partial charge < -0.3 is 4.57 Å². The molecule has 4 rings (SSSR count). The molecule has 1 amide bonds. The standard InChI is InChI=1S/C22H23N5OS/c1-27-15-23-26-22(27)29-14-16-10-12-18(13-11-16)21(28)25-24-20-9-5-3-7-17-6-2-4-8-19(17)20/h2,4,6,8,10-13,15H,3,5,7,9,14H2,1H3,(H,25,28)/b24-20+. The van der Waals surface area contributed by atoms with Gasteiger partial charge in [0.25, 0.3) is 5.91 Å². The van der Waals surface area contributed by atoms with Gasteiger partial charge in [0.15, 0.2) is 5.16 Å². The molecule has 0 radical (unpaired) electrons. The number of amides is 1. The molecule has 3 aromatic rings. The second kappa shape index (κ2) is 9.05. The van der Waals surface area contributed by atoms with Gasteiger partial charge in [0, 0.05) is 23.9 Å². The Morgan fingerprint density at radius 2 is 1.93 bits per heavy atom. The molecular formula is C22H23N5OS. The SMILES string of the molecule is Cn1cnnc1SCc1ccc(C(=O)N/N=C2\CCCCc3ccccc32)cc1. The zero-order valence-electron chi connectivity index (χ0n) is 16.3. The maximum Gasteiger partial charge on any atom is 0.271 e. The van der Waals surface area contributed by atoms with Crippen LogP contribution < -0.4 is 5.43 Å². The van der Waals surface area contributed by atoms with Gasteiger partial charge in [-0.1, -0.05) is 48.2 Å². The summed E-state index contributed by atoms with van der Waals surface area (Å²) in [6, 6.07) is 15.9. The highest BCUT2D eigenvalue weighted by atomic mass is 32.2. The lowest BCUT2D eigenvalue weighted by molar-refractivity contribution is 0.0955. The fourth-order valence-electron chi connectivity index (χ4n) is 3.36. The number of nitrogens with zero attached hydrogens (tertiary/aromatic N) is 4. The molecule has 1 heterocycles. The Morgan fingerprint density at radius 3 is 2.72 bits per heavy atom. The molecule has 6 nitrogen and oxygen atoms in total. The van der Waals surface area contributed by atoms with E-state index in [4.69, 9.17) is 0 Å². The van der Waals surface area contributed by atoms with Crippen molar-refractivity contribution in [3.63, 3.8) is 0 Å². The van der Waals surface area contributed by atoms with Crippen molar-refractivity contribution in [2.75, 3.05) is 0 Å². The van der Waals surface area contributed by atoms with E-state index < -0.39 is 0 Å². The number of thioether (sulfide) groups is 1. The molecule has 0 saturated heterocycles. The highest BCUT2D eigenvalue weighted by Crippen LogP contribution is 2.21. The van der Waals surface area contributed by atoms with Crippen molar-refractivity contribution in [3.8, 4) is 0 Å². The summed E-state index contributed by atoms with van der Waals surface area (Å²) in [4.78, 5) is 12.5. The summed E-state index contributed by atoms with van der Waals surface area (Å²) in [6.45, 7) is 0. The maximum absolute atomic E-state index is 12.5. The van der Waals surface area contributed by atoms with Gasteiger partial charge in [0.1, 0.15) is 6.33 Å². The molecule has 0 bridgehead atoms. The third-order valence-corrected chi connectivity index (χ3v) is 6.09. The van der Waals surface area contributed by atoms with Crippen LogP contribution in [0.15, 0.2) is 65.1 Å². The Hall–Kier alpha value is -2.93. The van der Waals surface area contributed by atoms with Gasteiger partial charge in [0.05, 0.1) is 5.71 Å². The number of hydrogen-bond donors (Lipinski definition) is 1. The van der Waals surface area contributed by atoms with Crippen LogP contribution in [0.5, 0.6) is 0 Å². The van der Waals surface area contributed by atoms with Gasteiger partial charge in [-0.25, -0.2) is 5.43 Å². The van der Waals surface area contributed by atoms with E-state index in [2.05, 4.69) is 38.9 Å². The minimum Gasteiger partial charge on any atom is -0.312 e. The number of benzene rings is 2. The first-order chi connectivity index (χ1) is 14.2. The number of aryl methyl sites for hydroxylation is 2. The van der Waals surface area contributed by atoms with E-state index in [-0.39, 0.29) is 5.91 Å². The fraction of sp³-hybridized carbons (Fsp3) is 0.273. The molecule has 29 heavy (non-hydrogen) atoms. The van der Waals surface area contributed by atoms with Gasteiger partial charge in [-0.15, -0.1) is 10.2 Å². The molecule has 7 heteroatoms. The van der Waals surface area contributed by atoms with Crippen LogP contribution in [0.25, 0.3) is 0 Å².